The molecule has 0 saturated carbocycles. The Balaban J connectivity index is 1.40. The highest BCUT2D eigenvalue weighted by Gasteiger charge is 2.31. The molecule has 0 aliphatic carbocycles. The Kier molecular flexibility index (Phi) is 4.15. The van der Waals surface area contributed by atoms with Crippen LogP contribution in [0.1, 0.15) is 36.6 Å². The lowest BCUT2D eigenvalue weighted by Crippen LogP contribution is -2.34. The number of rotatable bonds is 4. The molecule has 1 amide bonds. The topological polar surface area (TPSA) is 49.3 Å². The Morgan fingerprint density at radius 3 is 3.00 bits per heavy atom. The molecular formula is C19H22N4O. The van der Waals surface area contributed by atoms with Crippen LogP contribution < -0.4 is 4.90 Å². The molecule has 1 aromatic carbocycles. The van der Waals surface area contributed by atoms with Crippen molar-refractivity contribution in [3.05, 3.63) is 54.1 Å². The number of anilines is 1. The second-order valence-electron chi connectivity index (χ2n) is 6.50. The Morgan fingerprint density at radius 1 is 1.21 bits per heavy atom. The van der Waals surface area contributed by atoms with E-state index in [4.69, 9.17) is 0 Å². The third-order valence-corrected chi connectivity index (χ3v) is 5.10. The first-order valence-corrected chi connectivity index (χ1v) is 8.71. The standard InChI is InChI=1S/C19H22N4O/c24-19(9-13-22-12-8-15-4-1-2-5-17(15)22)23-11-3-6-18(23)16-7-10-20-14-21-16/h1-2,4-5,7,10,14,18H,3,6,8-9,11-13H2. The highest BCUT2D eigenvalue weighted by atomic mass is 16.2. The average Bonchev–Trinajstić information content (AvgIpc) is 3.28. The van der Waals surface area contributed by atoms with E-state index in [-0.39, 0.29) is 11.9 Å². The number of nitrogens with zero attached hydrogens (tertiary/aromatic N) is 4. The van der Waals surface area contributed by atoms with Crippen molar-refractivity contribution in [3.8, 4) is 0 Å². The number of hydrogen-bond acceptors (Lipinski definition) is 4. The van der Waals surface area contributed by atoms with Gasteiger partial charge in [0.15, 0.2) is 0 Å². The number of benzene rings is 1. The molecule has 0 N–H and O–H groups in total. The van der Waals surface area contributed by atoms with Crippen molar-refractivity contribution in [2.75, 3.05) is 24.5 Å². The van der Waals surface area contributed by atoms with Crippen LogP contribution in [-0.2, 0) is 11.2 Å². The van der Waals surface area contributed by atoms with Crippen LogP contribution in [0.5, 0.6) is 0 Å². The predicted molar refractivity (Wildman–Crippen MR) is 92.7 cm³/mol. The summed E-state index contributed by atoms with van der Waals surface area (Å²) in [6, 6.07) is 10.5. The van der Waals surface area contributed by atoms with E-state index in [1.54, 1.807) is 12.5 Å². The molecule has 2 aliphatic heterocycles. The average molecular weight is 322 g/mol. The summed E-state index contributed by atoms with van der Waals surface area (Å²) in [5.41, 5.74) is 3.64. The molecule has 1 atom stereocenters. The van der Waals surface area contributed by atoms with E-state index < -0.39 is 0 Å². The maximum absolute atomic E-state index is 12.8. The van der Waals surface area contributed by atoms with Crippen molar-refractivity contribution in [2.45, 2.75) is 31.7 Å². The number of carbonyl (C=O) groups excluding carboxylic acids is 1. The van der Waals surface area contributed by atoms with E-state index in [1.165, 1.54) is 11.3 Å². The Morgan fingerprint density at radius 2 is 2.12 bits per heavy atom. The Labute approximate surface area is 142 Å². The highest BCUT2D eigenvalue weighted by molar-refractivity contribution is 5.78. The van der Waals surface area contributed by atoms with Crippen LogP contribution in [0.15, 0.2) is 42.9 Å². The minimum Gasteiger partial charge on any atom is -0.370 e. The van der Waals surface area contributed by atoms with Gasteiger partial charge in [-0.2, -0.15) is 0 Å². The molecule has 0 radical (unpaired) electrons. The van der Waals surface area contributed by atoms with Crippen molar-refractivity contribution in [1.29, 1.82) is 0 Å². The second-order valence-corrected chi connectivity index (χ2v) is 6.50. The summed E-state index contributed by atoms with van der Waals surface area (Å²) in [5, 5.41) is 0. The molecule has 0 bridgehead atoms. The SMILES string of the molecule is O=C(CCN1CCc2ccccc21)N1CCCC1c1ccncn1. The van der Waals surface area contributed by atoms with Crippen molar-refractivity contribution < 1.29 is 4.79 Å². The van der Waals surface area contributed by atoms with Gasteiger partial charge >= 0.3 is 0 Å². The molecule has 1 aromatic heterocycles. The summed E-state index contributed by atoms with van der Waals surface area (Å²) in [7, 11) is 0. The summed E-state index contributed by atoms with van der Waals surface area (Å²) >= 11 is 0. The van der Waals surface area contributed by atoms with Crippen LogP contribution in [0.4, 0.5) is 5.69 Å². The van der Waals surface area contributed by atoms with E-state index in [0.717, 1.165) is 44.6 Å². The molecule has 1 fully saturated rings. The van der Waals surface area contributed by atoms with E-state index in [1.807, 2.05) is 11.0 Å². The normalized spacial score (nSPS) is 19.6. The Bertz CT molecular complexity index is 718. The lowest BCUT2D eigenvalue weighted by atomic mass is 10.1. The van der Waals surface area contributed by atoms with E-state index >= 15 is 0 Å². The van der Waals surface area contributed by atoms with E-state index in [9.17, 15) is 4.79 Å². The first kappa shape index (κ1) is 15.1. The monoisotopic (exact) mass is 322 g/mol. The van der Waals surface area contributed by atoms with Gasteiger partial charge in [-0.1, -0.05) is 18.2 Å². The fraction of sp³-hybridized carbons (Fsp3) is 0.421. The van der Waals surface area contributed by atoms with Crippen LogP contribution in [0, 0.1) is 0 Å². The van der Waals surface area contributed by atoms with Crippen molar-refractivity contribution >= 4 is 11.6 Å². The summed E-state index contributed by atoms with van der Waals surface area (Å²) < 4.78 is 0. The van der Waals surface area contributed by atoms with Gasteiger partial charge in [0.1, 0.15) is 6.33 Å². The van der Waals surface area contributed by atoms with Gasteiger partial charge in [0, 0.05) is 37.9 Å². The van der Waals surface area contributed by atoms with Gasteiger partial charge < -0.3 is 9.80 Å². The van der Waals surface area contributed by atoms with Crippen LogP contribution in [0.3, 0.4) is 0 Å². The predicted octanol–water partition coefficient (Wildman–Crippen LogP) is 2.59. The van der Waals surface area contributed by atoms with E-state index in [0.29, 0.717) is 6.42 Å². The first-order valence-electron chi connectivity index (χ1n) is 8.71. The molecule has 4 rings (SSSR count). The number of fused-ring (bicyclic) bond motifs is 1. The van der Waals surface area contributed by atoms with E-state index in [2.05, 4.69) is 39.1 Å². The molecule has 24 heavy (non-hydrogen) atoms. The van der Waals surface area contributed by atoms with Crippen molar-refractivity contribution in [3.63, 3.8) is 0 Å². The molecule has 5 nitrogen and oxygen atoms in total. The minimum absolute atomic E-state index is 0.117. The lowest BCUT2D eigenvalue weighted by Gasteiger charge is -2.26. The molecule has 3 heterocycles. The molecule has 2 aromatic rings. The maximum atomic E-state index is 12.8. The van der Waals surface area contributed by atoms with Crippen LogP contribution in [0.2, 0.25) is 0 Å². The number of likely N-dealkylation sites (tertiary alicyclic amines) is 1. The summed E-state index contributed by atoms with van der Waals surface area (Å²) in [6.07, 6.45) is 7.01. The van der Waals surface area contributed by atoms with Gasteiger partial charge in [-0.15, -0.1) is 0 Å². The zero-order valence-corrected chi connectivity index (χ0v) is 13.8. The number of aromatic nitrogens is 2. The minimum atomic E-state index is 0.117. The summed E-state index contributed by atoms with van der Waals surface area (Å²) in [5.74, 6) is 0.237. The third-order valence-electron chi connectivity index (χ3n) is 5.10. The van der Waals surface area contributed by atoms with Gasteiger partial charge in [-0.3, -0.25) is 4.79 Å². The lowest BCUT2D eigenvalue weighted by molar-refractivity contribution is -0.132. The molecule has 2 aliphatic rings. The van der Waals surface area contributed by atoms with Gasteiger partial charge in [-0.25, -0.2) is 9.97 Å². The number of amides is 1. The molecular weight excluding hydrogens is 300 g/mol. The van der Waals surface area contributed by atoms with Crippen LogP contribution in [-0.4, -0.2) is 40.4 Å². The second kappa shape index (κ2) is 6.59. The number of carbonyl (C=O) groups is 1. The first-order chi connectivity index (χ1) is 11.8. The zero-order chi connectivity index (χ0) is 16.4. The van der Waals surface area contributed by atoms with Crippen molar-refractivity contribution in [2.24, 2.45) is 0 Å². The van der Waals surface area contributed by atoms with Crippen molar-refractivity contribution in [1.82, 2.24) is 14.9 Å². The molecule has 1 saturated heterocycles. The molecule has 5 heteroatoms. The van der Waals surface area contributed by atoms with Gasteiger partial charge in [-0.05, 0) is 37.0 Å². The van der Waals surface area contributed by atoms with Gasteiger partial charge in [0.2, 0.25) is 5.91 Å². The summed E-state index contributed by atoms with van der Waals surface area (Å²) in [4.78, 5) is 25.4. The third kappa shape index (κ3) is 2.86. The maximum Gasteiger partial charge on any atom is 0.224 e. The highest BCUT2D eigenvalue weighted by Crippen LogP contribution is 2.32. The number of para-hydroxylation sites is 1. The fourth-order valence-electron chi connectivity index (χ4n) is 3.88. The quantitative estimate of drug-likeness (QED) is 0.868. The zero-order valence-electron chi connectivity index (χ0n) is 13.8. The Hall–Kier alpha value is -2.43. The fourth-order valence-corrected chi connectivity index (χ4v) is 3.88. The summed E-state index contributed by atoms with van der Waals surface area (Å²) in [6.45, 7) is 2.65. The van der Waals surface area contributed by atoms with Gasteiger partial charge in [0.05, 0.1) is 11.7 Å². The molecule has 0 spiro atoms. The van der Waals surface area contributed by atoms with Crippen LogP contribution >= 0.6 is 0 Å². The molecule has 124 valence electrons. The van der Waals surface area contributed by atoms with Gasteiger partial charge in [0.25, 0.3) is 0 Å². The van der Waals surface area contributed by atoms with Crippen LogP contribution in [0.25, 0.3) is 0 Å². The smallest absolute Gasteiger partial charge is 0.224 e. The molecule has 1 unspecified atom stereocenters. The largest absolute Gasteiger partial charge is 0.370 e. The number of hydrogen-bond donors (Lipinski definition) is 0.